The van der Waals surface area contributed by atoms with Crippen molar-refractivity contribution < 1.29 is 14.3 Å². The van der Waals surface area contributed by atoms with Gasteiger partial charge in [-0.2, -0.15) is 0 Å². The fourth-order valence-corrected chi connectivity index (χ4v) is 1.68. The molecule has 0 aliphatic heterocycles. The van der Waals surface area contributed by atoms with Crippen LogP contribution >= 0.6 is 11.8 Å². The summed E-state index contributed by atoms with van der Waals surface area (Å²) in [6, 6.07) is 1.57. The maximum absolute atomic E-state index is 11.4. The number of carbonyl (C=O) groups is 2. The van der Waals surface area contributed by atoms with Crippen LogP contribution in [0.3, 0.4) is 0 Å². The molecule has 0 aliphatic carbocycles. The van der Waals surface area contributed by atoms with Crippen molar-refractivity contribution in [2.75, 3.05) is 12.9 Å². The smallest absolute Gasteiger partial charge is 0.339 e. The van der Waals surface area contributed by atoms with Gasteiger partial charge in [0.15, 0.2) is 5.12 Å². The van der Waals surface area contributed by atoms with Crippen molar-refractivity contribution in [2.45, 2.75) is 13.3 Å². The molecular formula is C13H13NO3S. The SMILES string of the molecule is COC(=O)c1ccncc1C#CCCSC(C)=O. The van der Waals surface area contributed by atoms with Crippen molar-refractivity contribution in [3.8, 4) is 11.8 Å². The Balaban J connectivity index is 2.70. The highest BCUT2D eigenvalue weighted by atomic mass is 32.2. The number of aromatic nitrogens is 1. The van der Waals surface area contributed by atoms with Crippen molar-refractivity contribution in [2.24, 2.45) is 0 Å². The largest absolute Gasteiger partial charge is 0.465 e. The van der Waals surface area contributed by atoms with E-state index in [1.807, 2.05) is 0 Å². The van der Waals surface area contributed by atoms with Crippen LogP contribution in [0.25, 0.3) is 0 Å². The molecule has 1 heterocycles. The number of pyridine rings is 1. The van der Waals surface area contributed by atoms with Gasteiger partial charge in [0.25, 0.3) is 0 Å². The molecule has 0 saturated carbocycles. The highest BCUT2D eigenvalue weighted by Gasteiger charge is 2.09. The van der Waals surface area contributed by atoms with Crippen LogP contribution < -0.4 is 0 Å². The highest BCUT2D eigenvalue weighted by Crippen LogP contribution is 2.07. The number of methoxy groups -OCH3 is 1. The Morgan fingerprint density at radius 3 is 2.94 bits per heavy atom. The molecule has 1 aromatic rings. The minimum absolute atomic E-state index is 0.0772. The maximum atomic E-state index is 11.4. The summed E-state index contributed by atoms with van der Waals surface area (Å²) in [5, 5.41) is 0.0772. The fourth-order valence-electron chi connectivity index (χ4n) is 1.19. The topological polar surface area (TPSA) is 56.3 Å². The van der Waals surface area contributed by atoms with E-state index in [2.05, 4.69) is 21.6 Å². The van der Waals surface area contributed by atoms with Gasteiger partial charge in [0.1, 0.15) is 0 Å². The van der Waals surface area contributed by atoms with Gasteiger partial charge in [-0.15, -0.1) is 0 Å². The Kier molecular flexibility index (Phi) is 5.95. The van der Waals surface area contributed by atoms with Gasteiger partial charge in [-0.3, -0.25) is 9.78 Å². The Bertz CT molecular complexity index is 502. The van der Waals surface area contributed by atoms with E-state index < -0.39 is 5.97 Å². The second-order valence-corrected chi connectivity index (χ2v) is 4.58. The van der Waals surface area contributed by atoms with Gasteiger partial charge < -0.3 is 4.74 Å². The summed E-state index contributed by atoms with van der Waals surface area (Å²) in [6.45, 7) is 1.52. The Morgan fingerprint density at radius 1 is 1.50 bits per heavy atom. The third kappa shape index (κ3) is 4.60. The van der Waals surface area contributed by atoms with Gasteiger partial charge in [0, 0.05) is 31.5 Å². The molecule has 1 aromatic heterocycles. The summed E-state index contributed by atoms with van der Waals surface area (Å²) in [7, 11) is 1.32. The van der Waals surface area contributed by atoms with Gasteiger partial charge in [0.05, 0.1) is 18.2 Å². The molecule has 0 atom stereocenters. The maximum Gasteiger partial charge on any atom is 0.339 e. The van der Waals surface area contributed by atoms with Crippen LogP contribution in [0.1, 0.15) is 29.3 Å². The first-order chi connectivity index (χ1) is 8.65. The second-order valence-electron chi connectivity index (χ2n) is 3.30. The molecule has 0 unspecified atom stereocenters. The van der Waals surface area contributed by atoms with E-state index >= 15 is 0 Å². The lowest BCUT2D eigenvalue weighted by molar-refractivity contribution is -0.109. The molecule has 94 valence electrons. The number of thioether (sulfide) groups is 1. The molecule has 0 fully saturated rings. The first kappa shape index (κ1) is 14.3. The van der Waals surface area contributed by atoms with Gasteiger partial charge in [-0.25, -0.2) is 4.79 Å². The summed E-state index contributed by atoms with van der Waals surface area (Å²) >= 11 is 1.23. The zero-order valence-electron chi connectivity index (χ0n) is 10.2. The van der Waals surface area contributed by atoms with E-state index in [1.165, 1.54) is 38.2 Å². The first-order valence-corrected chi connectivity index (χ1v) is 6.28. The summed E-state index contributed by atoms with van der Waals surface area (Å²) in [4.78, 5) is 26.1. The third-order valence-electron chi connectivity index (χ3n) is 1.98. The van der Waals surface area contributed by atoms with Crippen LogP contribution in [-0.2, 0) is 9.53 Å². The number of hydrogen-bond acceptors (Lipinski definition) is 5. The number of esters is 1. The Morgan fingerprint density at radius 2 is 2.28 bits per heavy atom. The second kappa shape index (κ2) is 7.51. The average Bonchev–Trinajstić information content (AvgIpc) is 2.37. The Labute approximate surface area is 110 Å². The molecule has 0 amide bonds. The zero-order valence-corrected chi connectivity index (χ0v) is 11.0. The predicted molar refractivity (Wildman–Crippen MR) is 70.2 cm³/mol. The minimum atomic E-state index is -0.431. The first-order valence-electron chi connectivity index (χ1n) is 5.29. The predicted octanol–water partition coefficient (Wildman–Crippen LogP) is 1.89. The summed E-state index contributed by atoms with van der Waals surface area (Å²) in [5.41, 5.74) is 0.941. The van der Waals surface area contributed by atoms with Crippen LogP contribution in [0.15, 0.2) is 18.5 Å². The molecule has 5 heteroatoms. The number of hydrogen-bond donors (Lipinski definition) is 0. The summed E-state index contributed by atoms with van der Waals surface area (Å²) < 4.78 is 4.65. The van der Waals surface area contributed by atoms with Gasteiger partial charge in [-0.05, 0) is 6.07 Å². The normalized spacial score (nSPS) is 9.22. The van der Waals surface area contributed by atoms with Crippen molar-refractivity contribution >= 4 is 22.8 Å². The molecule has 0 N–H and O–H groups in total. The van der Waals surface area contributed by atoms with E-state index in [-0.39, 0.29) is 5.12 Å². The lowest BCUT2D eigenvalue weighted by Crippen LogP contribution is -2.04. The van der Waals surface area contributed by atoms with Crippen molar-refractivity contribution in [3.63, 3.8) is 0 Å². The number of carbonyl (C=O) groups excluding carboxylic acids is 2. The number of ether oxygens (including phenoxy) is 1. The van der Waals surface area contributed by atoms with Crippen molar-refractivity contribution in [3.05, 3.63) is 29.6 Å². The summed E-state index contributed by atoms with van der Waals surface area (Å²) in [5.74, 6) is 5.99. The molecule has 0 aliphatic rings. The molecular weight excluding hydrogens is 250 g/mol. The third-order valence-corrected chi connectivity index (χ3v) is 2.80. The lowest BCUT2D eigenvalue weighted by Gasteiger charge is -2.00. The van der Waals surface area contributed by atoms with E-state index in [1.54, 1.807) is 6.07 Å². The lowest BCUT2D eigenvalue weighted by atomic mass is 10.1. The average molecular weight is 263 g/mol. The minimum Gasteiger partial charge on any atom is -0.465 e. The molecule has 0 spiro atoms. The molecule has 4 nitrogen and oxygen atoms in total. The van der Waals surface area contributed by atoms with Crippen molar-refractivity contribution in [1.29, 1.82) is 0 Å². The van der Waals surface area contributed by atoms with E-state index in [0.717, 1.165) is 0 Å². The summed E-state index contributed by atoms with van der Waals surface area (Å²) in [6.07, 6.45) is 3.63. The van der Waals surface area contributed by atoms with Crippen LogP contribution in [0, 0.1) is 11.8 Å². The van der Waals surface area contributed by atoms with Crippen LogP contribution in [0.5, 0.6) is 0 Å². The van der Waals surface area contributed by atoms with Crippen molar-refractivity contribution in [1.82, 2.24) is 4.98 Å². The molecule has 1 rings (SSSR count). The van der Waals surface area contributed by atoms with Gasteiger partial charge in [0.2, 0.25) is 0 Å². The number of rotatable bonds is 3. The van der Waals surface area contributed by atoms with Crippen LogP contribution in [0.4, 0.5) is 0 Å². The monoisotopic (exact) mass is 263 g/mol. The molecule has 0 saturated heterocycles. The molecule has 0 aromatic carbocycles. The van der Waals surface area contributed by atoms with Crippen LogP contribution in [0.2, 0.25) is 0 Å². The molecule has 0 bridgehead atoms. The van der Waals surface area contributed by atoms with Gasteiger partial charge >= 0.3 is 5.97 Å². The fraction of sp³-hybridized carbons (Fsp3) is 0.308. The van der Waals surface area contributed by atoms with E-state index in [4.69, 9.17) is 0 Å². The Hall–Kier alpha value is -1.80. The molecule has 18 heavy (non-hydrogen) atoms. The quantitative estimate of drug-likeness (QED) is 0.473. The standard InChI is InChI=1S/C13H13NO3S/c1-10(15)18-8-4-3-5-11-9-14-7-6-12(11)13(16)17-2/h6-7,9H,4,8H2,1-2H3. The van der Waals surface area contributed by atoms with Gasteiger partial charge in [-0.1, -0.05) is 23.6 Å². The zero-order chi connectivity index (χ0) is 13.4. The number of nitrogens with zero attached hydrogens (tertiary/aromatic N) is 1. The van der Waals surface area contributed by atoms with Crippen LogP contribution in [-0.4, -0.2) is 28.9 Å². The molecule has 0 radical (unpaired) electrons. The van der Waals surface area contributed by atoms with E-state index in [9.17, 15) is 9.59 Å². The van der Waals surface area contributed by atoms with E-state index in [0.29, 0.717) is 23.3 Å². The highest BCUT2D eigenvalue weighted by molar-refractivity contribution is 8.13.